The van der Waals surface area contributed by atoms with E-state index in [1.165, 1.54) is 0 Å². The van der Waals surface area contributed by atoms with E-state index >= 15 is 0 Å². The van der Waals surface area contributed by atoms with Crippen molar-refractivity contribution in [3.8, 4) is 16.9 Å². The van der Waals surface area contributed by atoms with Crippen LogP contribution in [0.5, 0.6) is 5.75 Å². The normalized spacial score (nSPS) is 12.7. The number of hydrogen-bond donors (Lipinski definition) is 1. The van der Waals surface area contributed by atoms with E-state index in [2.05, 4.69) is 25.9 Å². The molecule has 1 unspecified atom stereocenters. The second-order valence-electron chi connectivity index (χ2n) is 5.52. The van der Waals surface area contributed by atoms with Crippen molar-refractivity contribution in [3.05, 3.63) is 29.5 Å². The molecule has 0 spiro atoms. The van der Waals surface area contributed by atoms with Crippen LogP contribution in [0.4, 0.5) is 5.88 Å². The summed E-state index contributed by atoms with van der Waals surface area (Å²) in [5.41, 5.74) is 9.82. The number of hydrogen-bond acceptors (Lipinski definition) is 4. The van der Waals surface area contributed by atoms with Crippen molar-refractivity contribution in [1.29, 1.82) is 0 Å². The van der Waals surface area contributed by atoms with Crippen molar-refractivity contribution in [3.63, 3.8) is 0 Å². The van der Waals surface area contributed by atoms with Crippen molar-refractivity contribution < 1.29 is 9.26 Å². The molecule has 0 amide bonds. The molecule has 1 atom stereocenters. The summed E-state index contributed by atoms with van der Waals surface area (Å²) in [6.45, 7) is 8.47. The summed E-state index contributed by atoms with van der Waals surface area (Å²) in [4.78, 5) is 0. The molecule has 0 aliphatic rings. The van der Waals surface area contributed by atoms with Gasteiger partial charge in [-0.25, -0.2) is 0 Å². The van der Waals surface area contributed by atoms with Crippen molar-refractivity contribution in [1.82, 2.24) is 5.16 Å². The summed E-state index contributed by atoms with van der Waals surface area (Å²) in [5.74, 6) is 1.94. The highest BCUT2D eigenvalue weighted by molar-refractivity contribution is 5.76. The molecular weight excluding hydrogens is 252 g/mol. The molecule has 1 aromatic heterocycles. The highest BCUT2D eigenvalue weighted by Gasteiger charge is 2.23. The summed E-state index contributed by atoms with van der Waals surface area (Å²) >= 11 is 0. The van der Waals surface area contributed by atoms with E-state index in [0.717, 1.165) is 28.1 Å². The molecule has 20 heavy (non-hydrogen) atoms. The zero-order valence-electron chi connectivity index (χ0n) is 12.7. The minimum Gasteiger partial charge on any atom is -0.496 e. The van der Waals surface area contributed by atoms with E-state index in [4.69, 9.17) is 15.0 Å². The van der Waals surface area contributed by atoms with Crippen LogP contribution < -0.4 is 10.5 Å². The van der Waals surface area contributed by atoms with E-state index < -0.39 is 0 Å². The maximum Gasteiger partial charge on any atom is 0.230 e. The molecule has 0 radical (unpaired) electrons. The Morgan fingerprint density at radius 3 is 2.55 bits per heavy atom. The molecule has 0 saturated heterocycles. The number of nitrogen functional groups attached to an aromatic ring is 1. The van der Waals surface area contributed by atoms with Gasteiger partial charge in [-0.2, -0.15) is 0 Å². The largest absolute Gasteiger partial charge is 0.496 e. The third-order valence-electron chi connectivity index (χ3n) is 3.87. The van der Waals surface area contributed by atoms with Crippen LogP contribution >= 0.6 is 0 Å². The smallest absolute Gasteiger partial charge is 0.230 e. The number of anilines is 1. The predicted molar refractivity (Wildman–Crippen MR) is 80.9 cm³/mol. The summed E-state index contributed by atoms with van der Waals surface area (Å²) in [6, 6.07) is 6.02. The van der Waals surface area contributed by atoms with Gasteiger partial charge in [0.15, 0.2) is 0 Å². The van der Waals surface area contributed by atoms with Gasteiger partial charge in [-0.3, -0.25) is 0 Å². The van der Waals surface area contributed by atoms with E-state index in [-0.39, 0.29) is 5.92 Å². The Morgan fingerprint density at radius 1 is 1.25 bits per heavy atom. The average molecular weight is 274 g/mol. The van der Waals surface area contributed by atoms with Gasteiger partial charge in [-0.1, -0.05) is 38.1 Å². The van der Waals surface area contributed by atoms with Crippen LogP contribution in [-0.2, 0) is 0 Å². The Kier molecular flexibility index (Phi) is 4.02. The Morgan fingerprint density at radius 2 is 1.95 bits per heavy atom. The molecule has 1 heterocycles. The molecule has 4 heteroatoms. The Balaban J connectivity index is 2.55. The van der Waals surface area contributed by atoms with Crippen molar-refractivity contribution in [2.75, 3.05) is 12.8 Å². The number of nitrogens with zero attached hydrogens (tertiary/aromatic N) is 1. The second kappa shape index (κ2) is 5.57. The quantitative estimate of drug-likeness (QED) is 0.915. The highest BCUT2D eigenvalue weighted by Crippen LogP contribution is 2.38. The number of aromatic nitrogens is 1. The second-order valence-corrected chi connectivity index (χ2v) is 5.52. The molecule has 4 nitrogen and oxygen atoms in total. The topological polar surface area (TPSA) is 61.3 Å². The van der Waals surface area contributed by atoms with E-state index in [9.17, 15) is 0 Å². The molecule has 0 aliphatic carbocycles. The lowest BCUT2D eigenvalue weighted by Crippen LogP contribution is -2.04. The molecule has 1 aromatic carbocycles. The molecule has 2 N–H and O–H groups in total. The maximum absolute atomic E-state index is 5.97. The van der Waals surface area contributed by atoms with Gasteiger partial charge in [0, 0.05) is 5.92 Å². The molecule has 0 saturated carbocycles. The first-order chi connectivity index (χ1) is 9.45. The molecule has 0 aliphatic heterocycles. The van der Waals surface area contributed by atoms with Gasteiger partial charge in [0.25, 0.3) is 0 Å². The average Bonchev–Trinajstić information content (AvgIpc) is 2.80. The third kappa shape index (κ3) is 2.50. The molecule has 2 aromatic rings. The Labute approximate surface area is 119 Å². The first-order valence-corrected chi connectivity index (χ1v) is 6.85. The van der Waals surface area contributed by atoms with Crippen molar-refractivity contribution in [2.45, 2.75) is 33.6 Å². The molecule has 108 valence electrons. The van der Waals surface area contributed by atoms with Gasteiger partial charge in [0.05, 0.1) is 18.4 Å². The number of rotatable bonds is 4. The number of aryl methyl sites for hydroxylation is 1. The van der Waals surface area contributed by atoms with Crippen LogP contribution in [0.15, 0.2) is 22.7 Å². The van der Waals surface area contributed by atoms with Gasteiger partial charge in [-0.05, 0) is 30.0 Å². The van der Waals surface area contributed by atoms with Gasteiger partial charge < -0.3 is 15.0 Å². The lowest BCUT2D eigenvalue weighted by atomic mass is 9.90. The van der Waals surface area contributed by atoms with Crippen molar-refractivity contribution in [2.24, 2.45) is 5.92 Å². The first kappa shape index (κ1) is 14.4. The van der Waals surface area contributed by atoms with E-state index in [1.54, 1.807) is 7.11 Å². The standard InChI is InChI=1S/C16H22N2O2/c1-9(2)11(4)15-14(16(17)20-18-15)12-7-6-10(3)13(8-12)19-5/h6-9,11H,17H2,1-5H3. The number of benzene rings is 1. The molecular formula is C16H22N2O2. The summed E-state index contributed by atoms with van der Waals surface area (Å²) in [6.07, 6.45) is 0. The zero-order chi connectivity index (χ0) is 14.9. The van der Waals surface area contributed by atoms with Gasteiger partial charge in [0.2, 0.25) is 5.88 Å². The molecule has 2 rings (SSSR count). The minimum absolute atomic E-state index is 0.276. The molecule has 0 fully saturated rings. The number of methoxy groups -OCH3 is 1. The fraction of sp³-hybridized carbons (Fsp3) is 0.438. The Bertz CT molecular complexity index is 603. The predicted octanol–water partition coefficient (Wildman–Crippen LogP) is 4.00. The lowest BCUT2D eigenvalue weighted by Gasteiger charge is -2.15. The van der Waals surface area contributed by atoms with Crippen molar-refractivity contribution >= 4 is 5.88 Å². The van der Waals surface area contributed by atoms with Crippen LogP contribution in [0, 0.1) is 12.8 Å². The Hall–Kier alpha value is -1.97. The lowest BCUT2D eigenvalue weighted by molar-refractivity contribution is 0.407. The van der Waals surface area contributed by atoms with Crippen LogP contribution in [0.1, 0.15) is 37.9 Å². The summed E-state index contributed by atoms with van der Waals surface area (Å²) < 4.78 is 10.6. The maximum atomic E-state index is 5.97. The van der Waals surface area contributed by atoms with Gasteiger partial charge in [0.1, 0.15) is 5.75 Å². The monoisotopic (exact) mass is 274 g/mol. The van der Waals surface area contributed by atoms with Gasteiger partial charge >= 0.3 is 0 Å². The third-order valence-corrected chi connectivity index (χ3v) is 3.87. The minimum atomic E-state index is 0.276. The fourth-order valence-corrected chi connectivity index (χ4v) is 2.21. The van der Waals surface area contributed by atoms with E-state index in [0.29, 0.717) is 11.8 Å². The summed E-state index contributed by atoms with van der Waals surface area (Å²) in [5, 5.41) is 4.15. The van der Waals surface area contributed by atoms with Crippen LogP contribution in [0.2, 0.25) is 0 Å². The molecule has 0 bridgehead atoms. The van der Waals surface area contributed by atoms with Gasteiger partial charge in [-0.15, -0.1) is 0 Å². The fourth-order valence-electron chi connectivity index (χ4n) is 2.21. The SMILES string of the molecule is COc1cc(-c2c(C(C)C(C)C)noc2N)ccc1C. The van der Waals surface area contributed by atoms with Crippen LogP contribution in [-0.4, -0.2) is 12.3 Å². The number of ether oxygens (including phenoxy) is 1. The van der Waals surface area contributed by atoms with Crippen LogP contribution in [0.25, 0.3) is 11.1 Å². The van der Waals surface area contributed by atoms with Crippen LogP contribution in [0.3, 0.4) is 0 Å². The first-order valence-electron chi connectivity index (χ1n) is 6.85. The number of nitrogens with two attached hydrogens (primary N) is 1. The zero-order valence-corrected chi connectivity index (χ0v) is 12.7. The van der Waals surface area contributed by atoms with E-state index in [1.807, 2.05) is 25.1 Å². The highest BCUT2D eigenvalue weighted by atomic mass is 16.5. The summed E-state index contributed by atoms with van der Waals surface area (Å²) in [7, 11) is 1.67.